The third-order valence-corrected chi connectivity index (χ3v) is 3.75. The van der Waals surface area contributed by atoms with Crippen molar-refractivity contribution < 1.29 is 4.74 Å². The molecule has 1 unspecified atom stereocenters. The molecule has 1 aromatic heterocycles. The van der Waals surface area contributed by atoms with Crippen LogP contribution in [0, 0.1) is 0 Å². The third kappa shape index (κ3) is 5.71. The Balaban J connectivity index is 2.90. The lowest BCUT2D eigenvalue weighted by atomic mass is 10.0. The number of hydrogen-bond acceptors (Lipinski definition) is 4. The number of nitrogens with zero attached hydrogens (tertiary/aromatic N) is 2. The molecular formula is C17H31N3O. The molecule has 120 valence electrons. The van der Waals surface area contributed by atoms with Gasteiger partial charge in [-0.25, -0.2) is 9.97 Å². The van der Waals surface area contributed by atoms with Gasteiger partial charge in [-0.1, -0.05) is 20.8 Å². The minimum absolute atomic E-state index is 0.163. The van der Waals surface area contributed by atoms with E-state index in [9.17, 15) is 0 Å². The molecule has 0 spiro atoms. The highest BCUT2D eigenvalue weighted by atomic mass is 16.5. The van der Waals surface area contributed by atoms with Crippen LogP contribution in [0.5, 0.6) is 0 Å². The molecule has 21 heavy (non-hydrogen) atoms. The van der Waals surface area contributed by atoms with Crippen LogP contribution in [0.3, 0.4) is 0 Å². The average molecular weight is 293 g/mol. The first-order valence-corrected chi connectivity index (χ1v) is 8.27. The predicted octanol–water partition coefficient (Wildman–Crippen LogP) is 2.72. The number of nitrogens with one attached hydrogen (secondary N) is 1. The maximum Gasteiger partial charge on any atom is 0.131 e. The Bertz CT molecular complexity index is 395. The maximum atomic E-state index is 5.33. The number of rotatable bonds is 10. The molecule has 1 heterocycles. The topological polar surface area (TPSA) is 47.0 Å². The highest BCUT2D eigenvalue weighted by Gasteiger charge is 2.13. The van der Waals surface area contributed by atoms with Crippen LogP contribution in [-0.4, -0.2) is 36.3 Å². The fourth-order valence-corrected chi connectivity index (χ4v) is 2.46. The largest absolute Gasteiger partial charge is 0.381 e. The van der Waals surface area contributed by atoms with Crippen LogP contribution < -0.4 is 5.32 Å². The first kappa shape index (κ1) is 18.1. The van der Waals surface area contributed by atoms with Crippen molar-refractivity contribution in [2.24, 2.45) is 0 Å². The zero-order valence-corrected chi connectivity index (χ0v) is 14.3. The summed E-state index contributed by atoms with van der Waals surface area (Å²) in [4.78, 5) is 9.54. The predicted molar refractivity (Wildman–Crippen MR) is 87.8 cm³/mol. The SMILES string of the molecule is CCCNCCc1c(CC)nc(CC(C)OC)nc1CC. The third-order valence-electron chi connectivity index (χ3n) is 3.75. The van der Waals surface area contributed by atoms with Gasteiger partial charge in [0.05, 0.1) is 6.10 Å². The van der Waals surface area contributed by atoms with Gasteiger partial charge in [0.2, 0.25) is 0 Å². The summed E-state index contributed by atoms with van der Waals surface area (Å²) in [5, 5.41) is 3.47. The average Bonchev–Trinajstić information content (AvgIpc) is 2.51. The van der Waals surface area contributed by atoms with Crippen LogP contribution in [0.15, 0.2) is 0 Å². The molecule has 0 radical (unpaired) electrons. The van der Waals surface area contributed by atoms with E-state index in [1.165, 1.54) is 23.4 Å². The lowest BCUT2D eigenvalue weighted by Crippen LogP contribution is -2.21. The highest BCUT2D eigenvalue weighted by Crippen LogP contribution is 2.15. The monoisotopic (exact) mass is 293 g/mol. The molecule has 4 heteroatoms. The summed E-state index contributed by atoms with van der Waals surface area (Å²) in [7, 11) is 1.74. The Kier molecular flexibility index (Phi) is 8.47. The van der Waals surface area contributed by atoms with E-state index in [1.807, 2.05) is 0 Å². The van der Waals surface area contributed by atoms with Crippen molar-refractivity contribution in [3.05, 3.63) is 22.8 Å². The summed E-state index contributed by atoms with van der Waals surface area (Å²) in [5.41, 5.74) is 3.76. The quantitative estimate of drug-likeness (QED) is 0.674. The molecule has 0 aliphatic carbocycles. The van der Waals surface area contributed by atoms with E-state index in [0.717, 1.165) is 44.6 Å². The standard InChI is InChI=1S/C17H31N3O/c1-6-10-18-11-9-14-15(7-2)19-17(12-13(4)21-5)20-16(14)8-3/h13,18H,6-12H2,1-5H3. The lowest BCUT2D eigenvalue weighted by Gasteiger charge is -2.16. The maximum absolute atomic E-state index is 5.33. The van der Waals surface area contributed by atoms with Crippen molar-refractivity contribution in [2.75, 3.05) is 20.2 Å². The number of aryl methyl sites for hydroxylation is 2. The summed E-state index contributed by atoms with van der Waals surface area (Å²) in [6.07, 6.45) is 5.07. The minimum Gasteiger partial charge on any atom is -0.381 e. The van der Waals surface area contributed by atoms with E-state index < -0.39 is 0 Å². The van der Waals surface area contributed by atoms with Crippen LogP contribution in [0.1, 0.15) is 56.9 Å². The summed E-state index contributed by atoms with van der Waals surface area (Å²) in [5.74, 6) is 0.920. The van der Waals surface area contributed by atoms with Crippen LogP contribution >= 0.6 is 0 Å². The molecule has 0 aromatic carbocycles. The van der Waals surface area contributed by atoms with Gasteiger partial charge < -0.3 is 10.1 Å². The Morgan fingerprint density at radius 3 is 2.14 bits per heavy atom. The molecule has 1 N–H and O–H groups in total. The van der Waals surface area contributed by atoms with Gasteiger partial charge in [0.1, 0.15) is 5.82 Å². The number of hydrogen-bond donors (Lipinski definition) is 1. The zero-order chi connectivity index (χ0) is 15.7. The van der Waals surface area contributed by atoms with Gasteiger partial charge in [0, 0.05) is 24.9 Å². The van der Waals surface area contributed by atoms with E-state index in [4.69, 9.17) is 14.7 Å². The normalized spacial score (nSPS) is 12.6. The van der Waals surface area contributed by atoms with Crippen LogP contribution in [0.2, 0.25) is 0 Å². The van der Waals surface area contributed by atoms with Crippen molar-refractivity contribution in [1.29, 1.82) is 0 Å². The molecule has 0 saturated heterocycles. The first-order chi connectivity index (χ1) is 10.2. The molecule has 1 atom stereocenters. The Hall–Kier alpha value is -1.00. The molecule has 0 amide bonds. The van der Waals surface area contributed by atoms with E-state index in [2.05, 4.69) is 33.0 Å². The molecule has 0 fully saturated rings. The lowest BCUT2D eigenvalue weighted by molar-refractivity contribution is 0.117. The molecule has 0 aliphatic heterocycles. The van der Waals surface area contributed by atoms with Crippen molar-refractivity contribution in [2.45, 2.75) is 65.9 Å². The molecule has 0 aliphatic rings. The smallest absolute Gasteiger partial charge is 0.131 e. The van der Waals surface area contributed by atoms with E-state index in [-0.39, 0.29) is 6.10 Å². The number of methoxy groups -OCH3 is 1. The summed E-state index contributed by atoms with van der Waals surface area (Å²) < 4.78 is 5.33. The Morgan fingerprint density at radius 1 is 1.05 bits per heavy atom. The first-order valence-electron chi connectivity index (χ1n) is 8.27. The second kappa shape index (κ2) is 9.85. The minimum atomic E-state index is 0.163. The van der Waals surface area contributed by atoms with Crippen LogP contribution in [0.4, 0.5) is 0 Å². The van der Waals surface area contributed by atoms with Crippen molar-refractivity contribution in [3.8, 4) is 0 Å². The van der Waals surface area contributed by atoms with Gasteiger partial charge in [-0.15, -0.1) is 0 Å². The summed E-state index contributed by atoms with van der Waals surface area (Å²) in [6, 6.07) is 0. The molecule has 1 aromatic rings. The van der Waals surface area contributed by atoms with Crippen molar-refractivity contribution in [1.82, 2.24) is 15.3 Å². The fourth-order valence-electron chi connectivity index (χ4n) is 2.46. The summed E-state index contributed by atoms with van der Waals surface area (Å²) in [6.45, 7) is 10.7. The Morgan fingerprint density at radius 2 is 1.67 bits per heavy atom. The van der Waals surface area contributed by atoms with E-state index in [1.54, 1.807) is 7.11 Å². The summed E-state index contributed by atoms with van der Waals surface area (Å²) >= 11 is 0. The fraction of sp³-hybridized carbons (Fsp3) is 0.765. The Labute approximate surface area is 129 Å². The molecule has 0 bridgehead atoms. The van der Waals surface area contributed by atoms with Crippen molar-refractivity contribution in [3.63, 3.8) is 0 Å². The van der Waals surface area contributed by atoms with Crippen LogP contribution in [-0.2, 0) is 30.4 Å². The zero-order valence-electron chi connectivity index (χ0n) is 14.3. The van der Waals surface area contributed by atoms with Gasteiger partial charge >= 0.3 is 0 Å². The van der Waals surface area contributed by atoms with Crippen LogP contribution in [0.25, 0.3) is 0 Å². The second-order valence-corrected chi connectivity index (χ2v) is 5.47. The van der Waals surface area contributed by atoms with Gasteiger partial charge in [0.15, 0.2) is 0 Å². The second-order valence-electron chi connectivity index (χ2n) is 5.47. The van der Waals surface area contributed by atoms with Gasteiger partial charge in [-0.3, -0.25) is 0 Å². The highest BCUT2D eigenvalue weighted by molar-refractivity contribution is 5.27. The molecule has 1 rings (SSSR count). The number of aromatic nitrogens is 2. The molecule has 4 nitrogen and oxygen atoms in total. The van der Waals surface area contributed by atoms with Crippen molar-refractivity contribution >= 4 is 0 Å². The molecular weight excluding hydrogens is 262 g/mol. The van der Waals surface area contributed by atoms with E-state index >= 15 is 0 Å². The molecule has 0 saturated carbocycles. The van der Waals surface area contributed by atoms with Gasteiger partial charge in [0.25, 0.3) is 0 Å². The van der Waals surface area contributed by atoms with Gasteiger partial charge in [-0.05, 0) is 51.3 Å². The number of ether oxygens (including phenoxy) is 1. The van der Waals surface area contributed by atoms with E-state index in [0.29, 0.717) is 0 Å². The van der Waals surface area contributed by atoms with Gasteiger partial charge in [-0.2, -0.15) is 0 Å².